The van der Waals surface area contributed by atoms with Crippen molar-refractivity contribution >= 4 is 35.5 Å². The average Bonchev–Trinajstić information content (AvgIpc) is 3.38. The molecule has 9 heteroatoms. The van der Waals surface area contributed by atoms with Gasteiger partial charge < -0.3 is 28.6 Å². The zero-order chi connectivity index (χ0) is 26.8. The maximum Gasteiger partial charge on any atom is 0.255 e. The first-order valence-corrected chi connectivity index (χ1v) is 15.2. The van der Waals surface area contributed by atoms with Crippen LogP contribution in [0.15, 0.2) is 36.4 Å². The fraction of sp³-hybridized carbons (Fsp3) is 0.679. The quantitative estimate of drug-likeness (QED) is 0.287. The summed E-state index contributed by atoms with van der Waals surface area (Å²) < 4.78 is 31.0. The Morgan fingerprint density at radius 3 is 2.30 bits per heavy atom. The minimum Gasteiger partial charge on any atom is -0.369 e. The number of likely N-dealkylation sites (tertiary alicyclic amines) is 1. The van der Waals surface area contributed by atoms with Crippen LogP contribution in [-0.2, 0) is 28.5 Å². The van der Waals surface area contributed by atoms with E-state index in [-0.39, 0.29) is 34.8 Å². The van der Waals surface area contributed by atoms with Crippen molar-refractivity contribution in [2.45, 2.75) is 94.2 Å². The lowest BCUT2D eigenvalue weighted by atomic mass is 9.90. The summed E-state index contributed by atoms with van der Waals surface area (Å²) in [5.41, 5.74) is 1.08. The van der Waals surface area contributed by atoms with Gasteiger partial charge in [-0.25, -0.2) is 0 Å². The van der Waals surface area contributed by atoms with Gasteiger partial charge in [-0.3, -0.25) is 4.79 Å². The Morgan fingerprint density at radius 1 is 1.05 bits per heavy atom. The Balaban J connectivity index is 1.71. The smallest absolute Gasteiger partial charge is 0.255 e. The molecule has 3 aliphatic rings. The van der Waals surface area contributed by atoms with Crippen molar-refractivity contribution in [2.24, 2.45) is 0 Å². The van der Waals surface area contributed by atoms with Crippen LogP contribution in [0.3, 0.4) is 0 Å². The molecule has 1 amide bonds. The van der Waals surface area contributed by atoms with E-state index in [1.165, 1.54) is 0 Å². The number of carbonyl (C=O) groups is 1. The molecule has 3 aliphatic heterocycles. The number of amides is 1. The molecule has 1 aromatic carbocycles. The number of nitrogens with zero attached hydrogens (tertiary/aromatic N) is 1. The van der Waals surface area contributed by atoms with E-state index < -0.39 is 23.8 Å². The SMILES string of the molecule is CCSC(SCC)[C@@H]([C@H]1OC(C)(C)O[C@@H]1[C@@H]1COC(C)(C)O1)N1C(=O)[C@H](OC)[C@@H]1/C=C/c1ccccc1. The van der Waals surface area contributed by atoms with E-state index >= 15 is 0 Å². The molecule has 0 spiro atoms. The molecule has 7 nitrogen and oxygen atoms in total. The topological polar surface area (TPSA) is 66.5 Å². The van der Waals surface area contributed by atoms with E-state index in [1.807, 2.05) is 74.3 Å². The third kappa shape index (κ3) is 6.40. The van der Waals surface area contributed by atoms with Crippen LogP contribution >= 0.6 is 23.5 Å². The molecular formula is C28H41NO6S2. The summed E-state index contributed by atoms with van der Waals surface area (Å²) in [7, 11) is 1.60. The molecule has 0 saturated carbocycles. The molecule has 206 valence electrons. The molecule has 6 atom stereocenters. The van der Waals surface area contributed by atoms with E-state index in [0.717, 1.165) is 17.1 Å². The zero-order valence-corrected chi connectivity index (χ0v) is 24.6. The second-order valence-electron chi connectivity index (χ2n) is 10.4. The molecule has 0 N–H and O–H groups in total. The van der Waals surface area contributed by atoms with Crippen molar-refractivity contribution in [3.63, 3.8) is 0 Å². The van der Waals surface area contributed by atoms with Crippen LogP contribution in [0.25, 0.3) is 6.08 Å². The van der Waals surface area contributed by atoms with Crippen LogP contribution in [-0.4, -0.2) is 88.7 Å². The van der Waals surface area contributed by atoms with E-state index in [0.29, 0.717) is 6.61 Å². The van der Waals surface area contributed by atoms with Crippen molar-refractivity contribution < 1.29 is 28.5 Å². The van der Waals surface area contributed by atoms with Crippen LogP contribution in [0.2, 0.25) is 0 Å². The molecule has 3 fully saturated rings. The number of benzene rings is 1. The second-order valence-corrected chi connectivity index (χ2v) is 13.5. The molecule has 0 radical (unpaired) electrons. The van der Waals surface area contributed by atoms with E-state index in [9.17, 15) is 4.79 Å². The van der Waals surface area contributed by atoms with E-state index in [1.54, 1.807) is 7.11 Å². The molecule has 3 heterocycles. The molecule has 0 aliphatic carbocycles. The predicted molar refractivity (Wildman–Crippen MR) is 149 cm³/mol. The van der Waals surface area contributed by atoms with Crippen molar-refractivity contribution in [3.8, 4) is 0 Å². The van der Waals surface area contributed by atoms with Crippen LogP contribution in [0, 0.1) is 0 Å². The van der Waals surface area contributed by atoms with E-state index in [2.05, 4.69) is 38.1 Å². The largest absolute Gasteiger partial charge is 0.369 e. The summed E-state index contributed by atoms with van der Waals surface area (Å²) in [6.07, 6.45) is 2.54. The summed E-state index contributed by atoms with van der Waals surface area (Å²) in [6, 6.07) is 9.64. The molecule has 0 unspecified atom stereocenters. The van der Waals surface area contributed by atoms with Gasteiger partial charge in [-0.1, -0.05) is 56.3 Å². The number of hydrogen-bond donors (Lipinski definition) is 0. The highest BCUT2D eigenvalue weighted by Crippen LogP contribution is 2.45. The first-order chi connectivity index (χ1) is 17.6. The van der Waals surface area contributed by atoms with Crippen LogP contribution in [0.4, 0.5) is 0 Å². The summed E-state index contributed by atoms with van der Waals surface area (Å²) in [6.45, 7) is 12.4. The van der Waals surface area contributed by atoms with Crippen molar-refractivity contribution in [1.82, 2.24) is 4.90 Å². The Hall–Kier alpha value is -1.07. The van der Waals surface area contributed by atoms with Crippen molar-refractivity contribution in [1.29, 1.82) is 0 Å². The van der Waals surface area contributed by atoms with Crippen LogP contribution < -0.4 is 0 Å². The minimum atomic E-state index is -0.814. The Bertz CT molecular complexity index is 936. The van der Waals surface area contributed by atoms with Gasteiger partial charge in [-0.15, -0.1) is 23.5 Å². The van der Waals surface area contributed by atoms with Gasteiger partial charge in [0.25, 0.3) is 5.91 Å². The van der Waals surface area contributed by atoms with Gasteiger partial charge >= 0.3 is 0 Å². The van der Waals surface area contributed by atoms with Crippen molar-refractivity contribution in [3.05, 3.63) is 42.0 Å². The minimum absolute atomic E-state index is 0.0235. The first-order valence-electron chi connectivity index (χ1n) is 13.1. The van der Waals surface area contributed by atoms with Gasteiger partial charge in [0.2, 0.25) is 0 Å². The number of β-lactam (4-membered cyclic amide) rings is 1. The third-order valence-corrected chi connectivity index (χ3v) is 9.53. The molecule has 3 saturated heterocycles. The third-order valence-electron chi connectivity index (χ3n) is 6.83. The number of methoxy groups -OCH3 is 1. The lowest BCUT2D eigenvalue weighted by Crippen LogP contribution is -2.72. The summed E-state index contributed by atoms with van der Waals surface area (Å²) in [5.74, 6) is 0.319. The molecule has 4 rings (SSSR count). The highest BCUT2D eigenvalue weighted by molar-refractivity contribution is 8.17. The number of ether oxygens (including phenoxy) is 5. The molecule has 1 aromatic rings. The average molecular weight is 552 g/mol. The zero-order valence-electron chi connectivity index (χ0n) is 22.9. The summed E-state index contributed by atoms with van der Waals surface area (Å²) in [4.78, 5) is 15.6. The second kappa shape index (κ2) is 12.0. The van der Waals surface area contributed by atoms with Crippen LogP contribution in [0.1, 0.15) is 47.1 Å². The Kier molecular flexibility index (Phi) is 9.37. The molecule has 37 heavy (non-hydrogen) atoms. The number of rotatable bonds is 11. The van der Waals surface area contributed by atoms with Gasteiger partial charge in [-0.05, 0) is 44.8 Å². The van der Waals surface area contributed by atoms with Crippen molar-refractivity contribution in [2.75, 3.05) is 25.2 Å². The van der Waals surface area contributed by atoms with Crippen LogP contribution in [0.5, 0.6) is 0 Å². The highest BCUT2D eigenvalue weighted by atomic mass is 32.2. The molecule has 0 bridgehead atoms. The van der Waals surface area contributed by atoms with E-state index in [4.69, 9.17) is 23.7 Å². The number of thioether (sulfide) groups is 2. The highest BCUT2D eigenvalue weighted by Gasteiger charge is 2.60. The lowest BCUT2D eigenvalue weighted by molar-refractivity contribution is -0.182. The monoisotopic (exact) mass is 551 g/mol. The fourth-order valence-electron chi connectivity index (χ4n) is 5.32. The molecule has 0 aromatic heterocycles. The number of hydrogen-bond acceptors (Lipinski definition) is 8. The Labute approximate surface area is 229 Å². The van der Waals surface area contributed by atoms with Gasteiger partial charge in [-0.2, -0.15) is 0 Å². The summed E-state index contributed by atoms with van der Waals surface area (Å²) in [5, 5.41) is 0. The maximum absolute atomic E-state index is 13.6. The Morgan fingerprint density at radius 2 is 1.73 bits per heavy atom. The van der Waals surface area contributed by atoms with Gasteiger partial charge in [0.15, 0.2) is 17.7 Å². The maximum atomic E-state index is 13.6. The first kappa shape index (κ1) is 28.9. The summed E-state index contributed by atoms with van der Waals surface area (Å²) >= 11 is 3.68. The molecular weight excluding hydrogens is 510 g/mol. The van der Waals surface area contributed by atoms with Gasteiger partial charge in [0.05, 0.1) is 23.3 Å². The standard InChI is InChI=1S/C28H41NO6S2/c1-8-36-26(37-9-2)21(24-23(34-28(5,6)35-24)20-17-32-27(3,4)33-20)29-19(22(31-7)25(29)30)16-15-18-13-11-10-12-14-18/h10-16,19-24,26H,8-9,17H2,1-7H3/b16-15+/t19-,20-,21+,22+,23+,24+/m0/s1. The normalized spacial score (nSPS) is 31.8. The predicted octanol–water partition coefficient (Wildman–Crippen LogP) is 4.80. The number of carbonyl (C=O) groups excluding carboxylic acids is 1. The lowest BCUT2D eigenvalue weighted by Gasteiger charge is -2.52. The van der Waals surface area contributed by atoms with Gasteiger partial charge in [0.1, 0.15) is 18.3 Å². The van der Waals surface area contributed by atoms with Gasteiger partial charge in [0, 0.05) is 7.11 Å². The fourth-order valence-corrected chi connectivity index (χ4v) is 8.15.